The van der Waals surface area contributed by atoms with E-state index in [4.69, 9.17) is 9.84 Å². The van der Waals surface area contributed by atoms with Crippen LogP contribution in [0.25, 0.3) is 0 Å². The highest BCUT2D eigenvalue weighted by molar-refractivity contribution is 5.85. The number of carbonyl (C=O) groups is 2. The molecule has 2 amide bonds. The third kappa shape index (κ3) is 6.28. The third-order valence-corrected chi connectivity index (χ3v) is 5.88. The summed E-state index contributed by atoms with van der Waals surface area (Å²) < 4.78 is 33.5. The minimum absolute atomic E-state index is 0.0600. The van der Waals surface area contributed by atoms with E-state index in [1.165, 1.54) is 4.90 Å². The average molecular weight is 461 g/mol. The van der Waals surface area contributed by atoms with Crippen molar-refractivity contribution in [2.24, 2.45) is 0 Å². The minimum atomic E-state index is -3.90. The maximum absolute atomic E-state index is 14.2. The number of carbonyl (C=O) groups excluding carboxylic acids is 2. The lowest BCUT2D eigenvalue weighted by molar-refractivity contribution is -0.170. The van der Waals surface area contributed by atoms with Gasteiger partial charge in [-0.15, -0.1) is 0 Å². The summed E-state index contributed by atoms with van der Waals surface area (Å²) in [5.41, 5.74) is 1.75. The number of benzene rings is 2. The fraction of sp³-hybridized carbons (Fsp3) is 0.440. The van der Waals surface area contributed by atoms with Crippen LogP contribution in [0.2, 0.25) is 0 Å². The lowest BCUT2D eigenvalue weighted by Gasteiger charge is -2.37. The maximum atomic E-state index is 14.2. The molecule has 1 atom stereocenters. The van der Waals surface area contributed by atoms with Crippen LogP contribution in [0.4, 0.5) is 8.78 Å². The number of aliphatic hydroxyl groups is 1. The molecule has 0 saturated carbocycles. The first kappa shape index (κ1) is 24.6. The van der Waals surface area contributed by atoms with E-state index in [1.54, 1.807) is 37.4 Å². The van der Waals surface area contributed by atoms with Crippen molar-refractivity contribution in [3.8, 4) is 5.75 Å². The van der Waals surface area contributed by atoms with Gasteiger partial charge in [-0.1, -0.05) is 42.5 Å². The molecular formula is C25H30F2N2O4. The normalized spacial score (nSPS) is 16.0. The Labute approximate surface area is 192 Å². The third-order valence-electron chi connectivity index (χ3n) is 5.88. The van der Waals surface area contributed by atoms with Crippen LogP contribution in [0.5, 0.6) is 5.75 Å². The number of methoxy groups -OCH3 is 1. The molecule has 1 N–H and O–H groups in total. The number of halogens is 2. The molecule has 2 aromatic carbocycles. The second-order valence-corrected chi connectivity index (χ2v) is 8.19. The summed E-state index contributed by atoms with van der Waals surface area (Å²) in [6, 6.07) is 16.4. The molecule has 0 bridgehead atoms. The molecule has 1 aliphatic heterocycles. The molecule has 178 valence electrons. The van der Waals surface area contributed by atoms with Gasteiger partial charge < -0.3 is 19.6 Å². The fourth-order valence-corrected chi connectivity index (χ4v) is 4.11. The molecule has 1 unspecified atom stereocenters. The van der Waals surface area contributed by atoms with Crippen molar-refractivity contribution < 1.29 is 28.2 Å². The standard InChI is InChI=1S/C25H30F2N2O4/c1-33-21-14-12-19(13-15-21)9-5-11-23(31)28-16-6-10-22(28)29(24(32)25(26,27)18-30)17-20-7-3-2-4-8-20/h2-4,7-8,12-15,22,30H,5-6,9-11,16-18H2,1H3. The number of rotatable bonds is 10. The summed E-state index contributed by atoms with van der Waals surface area (Å²) in [7, 11) is 1.60. The molecule has 33 heavy (non-hydrogen) atoms. The van der Waals surface area contributed by atoms with Gasteiger partial charge in [0.25, 0.3) is 5.91 Å². The molecule has 1 saturated heterocycles. The monoisotopic (exact) mass is 460 g/mol. The van der Waals surface area contributed by atoms with Crippen LogP contribution in [-0.2, 0) is 22.6 Å². The van der Waals surface area contributed by atoms with E-state index in [0.717, 1.165) is 16.2 Å². The maximum Gasteiger partial charge on any atom is 0.347 e. The van der Waals surface area contributed by atoms with E-state index in [9.17, 15) is 18.4 Å². The van der Waals surface area contributed by atoms with Gasteiger partial charge in [0, 0.05) is 19.5 Å². The number of likely N-dealkylation sites (tertiary alicyclic amines) is 1. The van der Waals surface area contributed by atoms with Crippen molar-refractivity contribution >= 4 is 11.8 Å². The fourth-order valence-electron chi connectivity index (χ4n) is 4.11. The molecular weight excluding hydrogens is 430 g/mol. The largest absolute Gasteiger partial charge is 0.497 e. The van der Waals surface area contributed by atoms with Gasteiger partial charge in [0.1, 0.15) is 18.5 Å². The van der Waals surface area contributed by atoms with Gasteiger partial charge >= 0.3 is 5.92 Å². The van der Waals surface area contributed by atoms with Crippen molar-refractivity contribution in [2.45, 2.75) is 50.7 Å². The summed E-state index contributed by atoms with van der Waals surface area (Å²) >= 11 is 0. The Kier molecular flexibility index (Phi) is 8.38. The Morgan fingerprint density at radius 2 is 1.82 bits per heavy atom. The summed E-state index contributed by atoms with van der Waals surface area (Å²) in [5.74, 6) is -4.76. The van der Waals surface area contributed by atoms with E-state index in [0.29, 0.717) is 37.8 Å². The number of hydrogen-bond acceptors (Lipinski definition) is 4. The van der Waals surface area contributed by atoms with Crippen molar-refractivity contribution in [2.75, 3.05) is 20.3 Å². The van der Waals surface area contributed by atoms with Crippen LogP contribution >= 0.6 is 0 Å². The number of aryl methyl sites for hydroxylation is 1. The van der Waals surface area contributed by atoms with Gasteiger partial charge in [-0.2, -0.15) is 8.78 Å². The molecule has 0 radical (unpaired) electrons. The second kappa shape index (κ2) is 11.2. The highest BCUT2D eigenvalue weighted by atomic mass is 19.3. The molecule has 2 aromatic rings. The molecule has 8 heteroatoms. The topological polar surface area (TPSA) is 70.1 Å². The Bertz CT molecular complexity index is 922. The van der Waals surface area contributed by atoms with Crippen LogP contribution in [0.15, 0.2) is 54.6 Å². The van der Waals surface area contributed by atoms with E-state index < -0.39 is 24.6 Å². The van der Waals surface area contributed by atoms with E-state index in [1.807, 2.05) is 24.3 Å². The number of aliphatic hydroxyl groups excluding tert-OH is 1. The molecule has 3 rings (SSSR count). The zero-order valence-electron chi connectivity index (χ0n) is 18.8. The molecule has 1 heterocycles. The molecule has 0 aliphatic carbocycles. The van der Waals surface area contributed by atoms with Crippen molar-refractivity contribution in [1.29, 1.82) is 0 Å². The van der Waals surface area contributed by atoms with Gasteiger partial charge in [0.05, 0.1) is 7.11 Å². The Morgan fingerprint density at radius 1 is 1.12 bits per heavy atom. The first-order valence-corrected chi connectivity index (χ1v) is 11.1. The summed E-state index contributed by atoms with van der Waals surface area (Å²) in [4.78, 5) is 28.2. The second-order valence-electron chi connectivity index (χ2n) is 8.19. The van der Waals surface area contributed by atoms with Crippen LogP contribution in [0.3, 0.4) is 0 Å². The molecule has 6 nitrogen and oxygen atoms in total. The minimum Gasteiger partial charge on any atom is -0.497 e. The zero-order chi connectivity index (χ0) is 23.8. The molecule has 0 aromatic heterocycles. The molecule has 0 spiro atoms. The van der Waals surface area contributed by atoms with Crippen LogP contribution in [0, 0.1) is 0 Å². The highest BCUT2D eigenvalue weighted by Gasteiger charge is 2.46. The van der Waals surface area contributed by atoms with Crippen molar-refractivity contribution in [1.82, 2.24) is 9.80 Å². The summed E-state index contributed by atoms with van der Waals surface area (Å²) in [5, 5.41) is 9.07. The predicted molar refractivity (Wildman–Crippen MR) is 120 cm³/mol. The van der Waals surface area contributed by atoms with Crippen LogP contribution < -0.4 is 4.74 Å². The van der Waals surface area contributed by atoms with Crippen molar-refractivity contribution in [3.05, 3.63) is 65.7 Å². The van der Waals surface area contributed by atoms with Crippen LogP contribution in [-0.4, -0.2) is 59.1 Å². The summed E-state index contributed by atoms with van der Waals surface area (Å²) in [6.07, 6.45) is 1.84. The average Bonchev–Trinajstić information content (AvgIpc) is 3.33. The molecule has 1 aliphatic rings. The Balaban J connectivity index is 1.68. The molecule has 1 fully saturated rings. The van der Waals surface area contributed by atoms with Crippen molar-refractivity contribution in [3.63, 3.8) is 0 Å². The number of ether oxygens (including phenoxy) is 1. The number of amides is 2. The number of hydrogen-bond donors (Lipinski definition) is 1. The predicted octanol–water partition coefficient (Wildman–Crippen LogP) is 3.62. The number of nitrogens with zero attached hydrogens (tertiary/aromatic N) is 2. The first-order chi connectivity index (χ1) is 15.9. The lowest BCUT2D eigenvalue weighted by atomic mass is 10.1. The zero-order valence-corrected chi connectivity index (χ0v) is 18.8. The SMILES string of the molecule is COc1ccc(CCCC(=O)N2CCCC2N(Cc2ccccc2)C(=O)C(F)(F)CO)cc1. The van der Waals surface area contributed by atoms with E-state index >= 15 is 0 Å². The van der Waals surface area contributed by atoms with Gasteiger partial charge in [-0.25, -0.2) is 0 Å². The van der Waals surface area contributed by atoms with Gasteiger partial charge in [-0.05, 0) is 48.9 Å². The summed E-state index contributed by atoms with van der Waals surface area (Å²) in [6.45, 7) is -1.22. The van der Waals surface area contributed by atoms with Crippen LogP contribution in [0.1, 0.15) is 36.8 Å². The van der Waals surface area contributed by atoms with Gasteiger partial charge in [0.15, 0.2) is 0 Å². The first-order valence-electron chi connectivity index (χ1n) is 11.1. The quantitative estimate of drug-likeness (QED) is 0.588. The highest BCUT2D eigenvalue weighted by Crippen LogP contribution is 2.28. The smallest absolute Gasteiger partial charge is 0.347 e. The Hall–Kier alpha value is -3.00. The Morgan fingerprint density at radius 3 is 2.45 bits per heavy atom. The number of alkyl halides is 2. The van der Waals surface area contributed by atoms with E-state index in [-0.39, 0.29) is 18.9 Å². The van der Waals surface area contributed by atoms with E-state index in [2.05, 4.69) is 0 Å². The van der Waals surface area contributed by atoms with Gasteiger partial charge in [-0.3, -0.25) is 9.59 Å². The van der Waals surface area contributed by atoms with Gasteiger partial charge in [0.2, 0.25) is 5.91 Å². The lowest BCUT2D eigenvalue weighted by Crippen LogP contribution is -2.55.